The number of nitrogens with one attached hydrogen (secondary N) is 1. The van der Waals surface area contributed by atoms with Crippen LogP contribution in [0.25, 0.3) is 27.9 Å². The fourth-order valence-corrected chi connectivity index (χ4v) is 3.72. The molecule has 0 bridgehead atoms. The van der Waals surface area contributed by atoms with E-state index in [1.54, 1.807) is 12.1 Å². The van der Waals surface area contributed by atoms with Crippen molar-refractivity contribution in [3.05, 3.63) is 63.7 Å². The minimum Gasteiger partial charge on any atom is -0.699 e. The second-order valence-corrected chi connectivity index (χ2v) is 7.66. The number of allylic oxidation sites excluding steroid dienone is 2. The van der Waals surface area contributed by atoms with Gasteiger partial charge in [0.1, 0.15) is 17.3 Å². The summed E-state index contributed by atoms with van der Waals surface area (Å²) in [5.74, 6) is 1.07. The second kappa shape index (κ2) is 10.4. The van der Waals surface area contributed by atoms with E-state index in [1.807, 2.05) is 43.0 Å². The average molecular weight is 615 g/mol. The van der Waals surface area contributed by atoms with E-state index < -0.39 is 0 Å². The molecule has 0 atom stereocenters. The number of benzene rings is 1. The van der Waals surface area contributed by atoms with Crippen LogP contribution >= 0.6 is 23.2 Å². The number of hydrogen-bond donors (Lipinski definition) is 2. The van der Waals surface area contributed by atoms with Crippen LogP contribution in [0.4, 0.5) is 11.5 Å². The zero-order valence-corrected chi connectivity index (χ0v) is 21.1. The van der Waals surface area contributed by atoms with Gasteiger partial charge in [-0.05, 0) is 31.4 Å². The van der Waals surface area contributed by atoms with Crippen LogP contribution in [0.15, 0.2) is 47.2 Å². The Kier molecular flexibility index (Phi) is 8.50. The topological polar surface area (TPSA) is 101 Å². The summed E-state index contributed by atoms with van der Waals surface area (Å²) in [5.41, 5.74) is 17.4. The number of aliphatic hydroxyl groups excluding tert-OH is 1. The standard InChI is InChI=1S/C14H13ClN5.C7H9ClO.W/c1-7-18-13(17)12-10(6-20(2)14(12)19-7)9-4-3-8(16)5-11(9)15;8-7-3-1-2-6(4-7)5-9;/h3-6,16H,1-2H3,(H2,17,18,19);2,4,9H,1,3,5H2;/q-1;;. The van der Waals surface area contributed by atoms with E-state index in [9.17, 15) is 0 Å². The molecule has 4 rings (SSSR count). The first-order valence-electron chi connectivity index (χ1n) is 9.06. The number of fused-ring (bicyclic) bond motifs is 1. The monoisotopic (exact) mass is 614 g/mol. The van der Waals surface area contributed by atoms with Crippen molar-refractivity contribution in [2.45, 2.75) is 19.8 Å². The molecule has 2 heterocycles. The molecule has 1 aliphatic rings. The van der Waals surface area contributed by atoms with Crippen LogP contribution in [0.5, 0.6) is 0 Å². The van der Waals surface area contributed by atoms with Crippen LogP contribution in [-0.2, 0) is 28.1 Å². The molecule has 4 N–H and O–H groups in total. The third-order valence-corrected chi connectivity index (χ3v) is 5.14. The van der Waals surface area contributed by atoms with Gasteiger partial charge < -0.3 is 21.1 Å². The third-order valence-electron chi connectivity index (χ3n) is 4.53. The van der Waals surface area contributed by atoms with E-state index in [0.29, 0.717) is 22.4 Å². The molecular formula is C21H22Cl2N5OW-. The van der Waals surface area contributed by atoms with Gasteiger partial charge in [0.25, 0.3) is 0 Å². The predicted molar refractivity (Wildman–Crippen MR) is 120 cm³/mol. The quantitative estimate of drug-likeness (QED) is 0.388. The molecule has 9 heteroatoms. The number of halogens is 2. The van der Waals surface area contributed by atoms with E-state index in [-0.39, 0.29) is 27.7 Å². The predicted octanol–water partition coefficient (Wildman–Crippen LogP) is 5.68. The average Bonchev–Trinajstić information content (AvgIpc) is 2.99. The van der Waals surface area contributed by atoms with Gasteiger partial charge in [0.15, 0.2) is 0 Å². The number of rotatable bonds is 2. The Morgan fingerprint density at radius 2 is 1.97 bits per heavy atom. The van der Waals surface area contributed by atoms with Gasteiger partial charge in [0.05, 0.1) is 12.0 Å². The molecule has 0 unspecified atom stereocenters. The van der Waals surface area contributed by atoms with Crippen LogP contribution in [0.2, 0.25) is 5.02 Å². The summed E-state index contributed by atoms with van der Waals surface area (Å²) in [6.45, 7) is 1.92. The molecule has 6 nitrogen and oxygen atoms in total. The Balaban J connectivity index is 0.000000272. The van der Waals surface area contributed by atoms with Gasteiger partial charge >= 0.3 is 0 Å². The molecule has 158 valence electrons. The molecule has 0 saturated carbocycles. The second-order valence-electron chi connectivity index (χ2n) is 6.77. The SMILES string of the molecule is Cc1nc(N)c2c(-c3ccc([NH-])cc3Cl)cn(C)c2n1.OCC1=CCCC(Cl)=C1.[W]. The van der Waals surface area contributed by atoms with Gasteiger partial charge in [-0.25, -0.2) is 9.97 Å². The first-order chi connectivity index (χ1) is 13.8. The van der Waals surface area contributed by atoms with Crippen molar-refractivity contribution in [2.24, 2.45) is 7.05 Å². The summed E-state index contributed by atoms with van der Waals surface area (Å²) in [5, 5.41) is 10.8. The van der Waals surface area contributed by atoms with Crippen molar-refractivity contribution in [1.29, 1.82) is 0 Å². The largest absolute Gasteiger partial charge is 0.699 e. The molecule has 0 aliphatic heterocycles. The van der Waals surface area contributed by atoms with Gasteiger partial charge in [-0.1, -0.05) is 47.5 Å². The van der Waals surface area contributed by atoms with Gasteiger partial charge in [0, 0.05) is 55.5 Å². The number of hydrogen-bond acceptors (Lipinski definition) is 4. The number of aliphatic hydroxyl groups is 1. The Labute approximate surface area is 199 Å². The number of aryl methyl sites for hydroxylation is 2. The summed E-state index contributed by atoms with van der Waals surface area (Å²) in [6.07, 6.45) is 7.65. The summed E-state index contributed by atoms with van der Waals surface area (Å²) in [6, 6.07) is 5.13. The molecular weight excluding hydrogens is 593 g/mol. The molecule has 0 radical (unpaired) electrons. The Bertz CT molecular complexity index is 1120. The van der Waals surface area contributed by atoms with Crippen molar-refractivity contribution in [3.63, 3.8) is 0 Å². The zero-order valence-electron chi connectivity index (χ0n) is 16.6. The number of nitrogens with zero attached hydrogens (tertiary/aromatic N) is 3. The van der Waals surface area contributed by atoms with Crippen molar-refractivity contribution >= 4 is 45.7 Å². The van der Waals surface area contributed by atoms with E-state index in [2.05, 4.69) is 9.97 Å². The van der Waals surface area contributed by atoms with Gasteiger partial charge in [0.2, 0.25) is 0 Å². The normalized spacial score (nSPS) is 13.1. The summed E-state index contributed by atoms with van der Waals surface area (Å²) >= 11 is 11.9. The summed E-state index contributed by atoms with van der Waals surface area (Å²) < 4.78 is 1.90. The minimum absolute atomic E-state index is 0. The number of nitrogens with two attached hydrogens (primary N) is 1. The molecule has 0 amide bonds. The molecule has 0 spiro atoms. The van der Waals surface area contributed by atoms with Crippen molar-refractivity contribution in [2.75, 3.05) is 12.3 Å². The molecule has 3 aromatic rings. The number of nitrogen functional groups attached to an aromatic ring is 1. The van der Waals surface area contributed by atoms with E-state index >= 15 is 0 Å². The van der Waals surface area contributed by atoms with Crippen LogP contribution in [-0.4, -0.2) is 26.2 Å². The minimum atomic E-state index is 0. The summed E-state index contributed by atoms with van der Waals surface area (Å²) in [7, 11) is 1.91. The first-order valence-corrected chi connectivity index (χ1v) is 9.82. The fourth-order valence-electron chi connectivity index (χ4n) is 3.19. The maximum Gasteiger partial charge on any atom is 0.146 e. The number of aromatic nitrogens is 3. The van der Waals surface area contributed by atoms with Gasteiger partial charge in [-0.15, -0.1) is 5.69 Å². The maximum atomic E-state index is 8.64. The third kappa shape index (κ3) is 5.44. The molecule has 0 fully saturated rings. The Morgan fingerprint density at radius 1 is 1.23 bits per heavy atom. The van der Waals surface area contributed by atoms with E-state index in [4.69, 9.17) is 39.8 Å². The van der Waals surface area contributed by atoms with Crippen molar-refractivity contribution in [1.82, 2.24) is 14.5 Å². The summed E-state index contributed by atoms with van der Waals surface area (Å²) in [4.78, 5) is 8.64. The van der Waals surface area contributed by atoms with Crippen molar-refractivity contribution < 1.29 is 26.2 Å². The Morgan fingerprint density at radius 3 is 2.57 bits per heavy atom. The molecule has 30 heavy (non-hydrogen) atoms. The van der Waals surface area contributed by atoms with Crippen LogP contribution in [0, 0.1) is 6.92 Å². The molecule has 2 aromatic heterocycles. The van der Waals surface area contributed by atoms with Crippen LogP contribution in [0.1, 0.15) is 18.7 Å². The van der Waals surface area contributed by atoms with Gasteiger partial charge in [-0.2, -0.15) is 0 Å². The van der Waals surface area contributed by atoms with Crippen LogP contribution in [0.3, 0.4) is 0 Å². The molecule has 1 aromatic carbocycles. The fraction of sp³-hybridized carbons (Fsp3) is 0.238. The first kappa shape index (κ1) is 24.4. The van der Waals surface area contributed by atoms with Gasteiger partial charge in [-0.3, -0.25) is 0 Å². The molecule has 1 aliphatic carbocycles. The van der Waals surface area contributed by atoms with E-state index in [1.165, 1.54) is 0 Å². The maximum absolute atomic E-state index is 8.64. The molecule has 0 saturated heterocycles. The van der Waals surface area contributed by atoms with E-state index in [0.717, 1.165) is 45.6 Å². The smallest absolute Gasteiger partial charge is 0.146 e. The van der Waals surface area contributed by atoms with Crippen molar-refractivity contribution in [3.8, 4) is 11.1 Å². The number of anilines is 1. The zero-order chi connectivity index (χ0) is 21.1. The van der Waals surface area contributed by atoms with Crippen LogP contribution < -0.4 is 5.73 Å². The Hall–Kier alpha value is -1.85.